The molecule has 0 saturated heterocycles. The lowest BCUT2D eigenvalue weighted by Crippen LogP contribution is -3.12. The molecule has 2 N–H and O–H groups in total. The van der Waals surface area contributed by atoms with Gasteiger partial charge in [0.1, 0.15) is 12.3 Å². The predicted octanol–water partition coefficient (Wildman–Crippen LogP) is 2.70. The molecule has 0 saturated carbocycles. The summed E-state index contributed by atoms with van der Waals surface area (Å²) in [7, 11) is 3.58. The Morgan fingerprint density at radius 3 is 2.58 bits per heavy atom. The third-order valence-electron chi connectivity index (χ3n) is 4.20. The van der Waals surface area contributed by atoms with E-state index in [1.54, 1.807) is 13.2 Å². The molecule has 2 rings (SSSR count). The summed E-state index contributed by atoms with van der Waals surface area (Å²) in [4.78, 5) is 13.7. The predicted molar refractivity (Wildman–Crippen MR) is 97.9 cm³/mol. The van der Waals surface area contributed by atoms with Crippen molar-refractivity contribution >= 4 is 23.2 Å². The summed E-state index contributed by atoms with van der Waals surface area (Å²) in [6.07, 6.45) is 0. The fourth-order valence-electron chi connectivity index (χ4n) is 2.47. The van der Waals surface area contributed by atoms with Crippen LogP contribution in [0.1, 0.15) is 18.1 Å². The van der Waals surface area contributed by atoms with E-state index < -0.39 is 0 Å². The Balaban J connectivity index is 2.07. The summed E-state index contributed by atoms with van der Waals surface area (Å²) in [5, 5.41) is 3.57. The highest BCUT2D eigenvalue weighted by Gasteiger charge is 2.23. The number of ether oxygens (including phenoxy) is 1. The van der Waals surface area contributed by atoms with Gasteiger partial charge in [-0.1, -0.05) is 41.9 Å². The summed E-state index contributed by atoms with van der Waals surface area (Å²) < 4.78 is 5.31. The molecule has 0 aromatic heterocycles. The minimum atomic E-state index is -0.203. The second-order valence-corrected chi connectivity index (χ2v) is 6.43. The second-order valence-electron chi connectivity index (χ2n) is 6.02. The number of aryl methyl sites for hydroxylation is 1. The fraction of sp³-hybridized carbons (Fsp3) is 0.316. The lowest BCUT2D eigenvalue weighted by Gasteiger charge is -2.22. The zero-order valence-corrected chi connectivity index (χ0v) is 15.3. The SMILES string of the molecule is COc1cc(Cl)c(C)cc1NC(=O)[C@@H](C)[NH+](C)Cc1ccccc1. The summed E-state index contributed by atoms with van der Waals surface area (Å²) >= 11 is 6.11. The maximum atomic E-state index is 12.6. The largest absolute Gasteiger partial charge is 0.495 e. The van der Waals surface area contributed by atoms with Gasteiger partial charge < -0.3 is 15.0 Å². The molecule has 0 radical (unpaired) electrons. The third kappa shape index (κ3) is 4.49. The van der Waals surface area contributed by atoms with Gasteiger partial charge in [-0.3, -0.25) is 4.79 Å². The number of carbonyl (C=O) groups is 1. The fourth-order valence-corrected chi connectivity index (χ4v) is 2.62. The number of likely N-dealkylation sites (N-methyl/N-ethyl adjacent to an activating group) is 1. The van der Waals surface area contributed by atoms with Crippen molar-refractivity contribution in [3.63, 3.8) is 0 Å². The highest BCUT2D eigenvalue weighted by molar-refractivity contribution is 6.31. The summed E-state index contributed by atoms with van der Waals surface area (Å²) in [5.74, 6) is 0.510. The second kappa shape index (κ2) is 8.18. The molecule has 0 heterocycles. The van der Waals surface area contributed by atoms with E-state index in [0.717, 1.165) is 17.0 Å². The van der Waals surface area contributed by atoms with Gasteiger partial charge >= 0.3 is 0 Å². The van der Waals surface area contributed by atoms with Gasteiger partial charge in [0.25, 0.3) is 5.91 Å². The van der Waals surface area contributed by atoms with Crippen molar-refractivity contribution in [2.45, 2.75) is 26.4 Å². The third-order valence-corrected chi connectivity index (χ3v) is 4.60. The first-order valence-electron chi connectivity index (χ1n) is 7.93. The van der Waals surface area contributed by atoms with Gasteiger partial charge in [-0.25, -0.2) is 0 Å². The smallest absolute Gasteiger partial charge is 0.282 e. The van der Waals surface area contributed by atoms with Gasteiger partial charge in [0.15, 0.2) is 6.04 Å². The number of quaternary nitrogens is 1. The van der Waals surface area contributed by atoms with Crippen LogP contribution in [0, 0.1) is 6.92 Å². The quantitative estimate of drug-likeness (QED) is 0.843. The normalized spacial score (nSPS) is 13.2. The molecule has 0 aliphatic heterocycles. The lowest BCUT2D eigenvalue weighted by molar-refractivity contribution is -0.907. The standard InChI is InChI=1S/C19H23ClN2O2/c1-13-10-17(18(24-4)11-16(13)20)21-19(23)14(2)22(3)12-15-8-6-5-7-9-15/h5-11,14H,12H2,1-4H3,(H,21,23)/p+1/t14-/m1/s1. The topological polar surface area (TPSA) is 42.8 Å². The van der Waals surface area contributed by atoms with Gasteiger partial charge in [-0.05, 0) is 25.5 Å². The Hall–Kier alpha value is -2.04. The number of halogens is 1. The number of methoxy groups -OCH3 is 1. The van der Waals surface area contributed by atoms with E-state index in [1.165, 1.54) is 5.56 Å². The number of hydrogen-bond donors (Lipinski definition) is 2. The Kier molecular flexibility index (Phi) is 6.23. The number of benzene rings is 2. The Labute approximate surface area is 148 Å². The Morgan fingerprint density at radius 1 is 1.29 bits per heavy atom. The van der Waals surface area contributed by atoms with Crippen LogP contribution in [-0.4, -0.2) is 26.1 Å². The lowest BCUT2D eigenvalue weighted by atomic mass is 10.1. The van der Waals surface area contributed by atoms with Crippen LogP contribution in [0.4, 0.5) is 5.69 Å². The highest BCUT2D eigenvalue weighted by Crippen LogP contribution is 2.30. The molecule has 0 fully saturated rings. The van der Waals surface area contributed by atoms with Gasteiger partial charge in [-0.15, -0.1) is 0 Å². The minimum absolute atomic E-state index is 0.0524. The molecule has 128 valence electrons. The molecule has 2 aromatic rings. The van der Waals surface area contributed by atoms with Crippen LogP contribution in [0.5, 0.6) is 5.75 Å². The van der Waals surface area contributed by atoms with E-state index in [-0.39, 0.29) is 11.9 Å². The molecule has 0 bridgehead atoms. The van der Waals surface area contributed by atoms with Crippen molar-refractivity contribution in [1.82, 2.24) is 0 Å². The zero-order chi connectivity index (χ0) is 17.7. The van der Waals surface area contributed by atoms with Crippen LogP contribution in [0.15, 0.2) is 42.5 Å². The van der Waals surface area contributed by atoms with Crippen molar-refractivity contribution in [3.8, 4) is 5.75 Å². The molecule has 0 aliphatic rings. The van der Waals surface area contributed by atoms with Gasteiger partial charge in [-0.2, -0.15) is 0 Å². The van der Waals surface area contributed by atoms with Crippen LogP contribution in [0.25, 0.3) is 0 Å². The maximum Gasteiger partial charge on any atom is 0.282 e. The molecule has 4 nitrogen and oxygen atoms in total. The average molecular weight is 348 g/mol. The first-order valence-corrected chi connectivity index (χ1v) is 8.31. The monoisotopic (exact) mass is 347 g/mol. The van der Waals surface area contributed by atoms with Crippen LogP contribution < -0.4 is 15.0 Å². The van der Waals surface area contributed by atoms with E-state index in [9.17, 15) is 4.79 Å². The first-order chi connectivity index (χ1) is 11.4. The van der Waals surface area contributed by atoms with E-state index in [2.05, 4.69) is 17.4 Å². The van der Waals surface area contributed by atoms with Crippen LogP contribution in [0.2, 0.25) is 5.02 Å². The van der Waals surface area contributed by atoms with Gasteiger partial charge in [0.05, 0.1) is 19.8 Å². The maximum absolute atomic E-state index is 12.6. The van der Waals surface area contributed by atoms with E-state index in [4.69, 9.17) is 16.3 Å². The molecule has 1 unspecified atom stereocenters. The number of anilines is 1. The van der Waals surface area contributed by atoms with Crippen molar-refractivity contribution in [2.75, 3.05) is 19.5 Å². The molecule has 1 amide bonds. The summed E-state index contributed by atoms with van der Waals surface area (Å²) in [6, 6.07) is 13.5. The van der Waals surface area contributed by atoms with E-state index >= 15 is 0 Å². The average Bonchev–Trinajstić information content (AvgIpc) is 2.58. The molecule has 2 aromatic carbocycles. The van der Waals surface area contributed by atoms with Crippen LogP contribution >= 0.6 is 11.6 Å². The molecular weight excluding hydrogens is 324 g/mol. The number of hydrogen-bond acceptors (Lipinski definition) is 2. The Morgan fingerprint density at radius 2 is 1.96 bits per heavy atom. The van der Waals surface area contributed by atoms with E-state index in [0.29, 0.717) is 16.5 Å². The summed E-state index contributed by atoms with van der Waals surface area (Å²) in [6.45, 7) is 4.60. The van der Waals surface area contributed by atoms with Crippen molar-refractivity contribution < 1.29 is 14.4 Å². The molecule has 0 aliphatic carbocycles. The summed E-state index contributed by atoms with van der Waals surface area (Å²) in [5.41, 5.74) is 2.74. The van der Waals surface area contributed by atoms with Crippen molar-refractivity contribution in [1.29, 1.82) is 0 Å². The molecule has 0 spiro atoms. The van der Waals surface area contributed by atoms with E-state index in [1.807, 2.05) is 45.2 Å². The zero-order valence-electron chi connectivity index (χ0n) is 14.5. The van der Waals surface area contributed by atoms with Crippen molar-refractivity contribution in [3.05, 3.63) is 58.6 Å². The Bertz CT molecular complexity index is 704. The van der Waals surface area contributed by atoms with Gasteiger partial charge in [0.2, 0.25) is 0 Å². The van der Waals surface area contributed by atoms with Gasteiger partial charge in [0, 0.05) is 16.7 Å². The number of rotatable bonds is 6. The number of amides is 1. The van der Waals surface area contributed by atoms with Crippen molar-refractivity contribution in [2.24, 2.45) is 0 Å². The van der Waals surface area contributed by atoms with Crippen LogP contribution in [-0.2, 0) is 11.3 Å². The molecule has 24 heavy (non-hydrogen) atoms. The van der Waals surface area contributed by atoms with Crippen LogP contribution in [0.3, 0.4) is 0 Å². The molecular formula is C19H24ClN2O2+. The molecule has 2 atom stereocenters. The minimum Gasteiger partial charge on any atom is -0.495 e. The number of nitrogens with one attached hydrogen (secondary N) is 2. The highest BCUT2D eigenvalue weighted by atomic mass is 35.5. The molecule has 5 heteroatoms. The first kappa shape index (κ1) is 18.3. The number of carbonyl (C=O) groups excluding carboxylic acids is 1.